The van der Waals surface area contributed by atoms with E-state index in [1.807, 2.05) is 53.0 Å². The lowest BCUT2D eigenvalue weighted by Gasteiger charge is -2.36. The smallest absolute Gasteiger partial charge is 0.245 e. The SMILES string of the molecule is COc1cc(N(CCO)C2CCNCC2)ccc1Nc1ncc2ccc(-c3ccccc3OC)n2n1. The van der Waals surface area contributed by atoms with Gasteiger partial charge in [0.1, 0.15) is 11.5 Å². The number of para-hydroxylation sites is 1. The molecule has 4 aromatic rings. The number of piperidine rings is 1. The van der Waals surface area contributed by atoms with Crippen LogP contribution in [0.15, 0.2) is 60.8 Å². The van der Waals surface area contributed by atoms with Crippen molar-refractivity contribution in [1.29, 1.82) is 0 Å². The Bertz CT molecular complexity index is 1320. The molecule has 188 valence electrons. The number of aliphatic hydroxyl groups is 1. The number of ether oxygens (including phenoxy) is 2. The molecular formula is C27H32N6O3. The van der Waals surface area contributed by atoms with Crippen LogP contribution in [0.2, 0.25) is 0 Å². The Hall–Kier alpha value is -3.82. The largest absolute Gasteiger partial charge is 0.496 e. The summed E-state index contributed by atoms with van der Waals surface area (Å²) in [6.45, 7) is 2.66. The standard InChI is InChI=1S/C27H32N6O3/c1-35-25-6-4-3-5-22(25)24-10-8-21-18-29-27(31-33(21)24)30-23-9-7-20(17-26(23)36-2)32(15-16-34)19-11-13-28-14-12-19/h3-10,17-19,28,34H,11-16H2,1-2H3,(H,30,31). The maximum absolute atomic E-state index is 9.68. The Kier molecular flexibility index (Phi) is 7.20. The van der Waals surface area contributed by atoms with Gasteiger partial charge < -0.3 is 30.1 Å². The van der Waals surface area contributed by atoms with Gasteiger partial charge in [-0.1, -0.05) is 12.1 Å². The van der Waals surface area contributed by atoms with Crippen molar-refractivity contribution in [2.45, 2.75) is 18.9 Å². The van der Waals surface area contributed by atoms with E-state index in [1.54, 1.807) is 20.4 Å². The fourth-order valence-electron chi connectivity index (χ4n) is 4.85. The highest BCUT2D eigenvalue weighted by molar-refractivity contribution is 5.73. The highest BCUT2D eigenvalue weighted by Gasteiger charge is 2.22. The van der Waals surface area contributed by atoms with Crippen LogP contribution >= 0.6 is 0 Å². The van der Waals surface area contributed by atoms with Gasteiger partial charge in [-0.2, -0.15) is 0 Å². The minimum absolute atomic E-state index is 0.103. The molecule has 0 radical (unpaired) electrons. The summed E-state index contributed by atoms with van der Waals surface area (Å²) in [6.07, 6.45) is 3.87. The molecule has 9 heteroatoms. The number of benzene rings is 2. The topological polar surface area (TPSA) is 96.2 Å². The zero-order chi connectivity index (χ0) is 24.9. The molecule has 0 spiro atoms. The summed E-state index contributed by atoms with van der Waals surface area (Å²) in [5, 5.41) is 21.2. The molecule has 2 aromatic carbocycles. The molecule has 9 nitrogen and oxygen atoms in total. The zero-order valence-electron chi connectivity index (χ0n) is 20.6. The van der Waals surface area contributed by atoms with Crippen molar-refractivity contribution in [2.75, 3.05) is 50.7 Å². The van der Waals surface area contributed by atoms with E-state index in [0.717, 1.165) is 59.8 Å². The highest BCUT2D eigenvalue weighted by Crippen LogP contribution is 2.34. The molecule has 3 N–H and O–H groups in total. The summed E-state index contributed by atoms with van der Waals surface area (Å²) in [7, 11) is 3.32. The molecule has 1 aliphatic heterocycles. The summed E-state index contributed by atoms with van der Waals surface area (Å²) in [4.78, 5) is 6.78. The molecule has 5 rings (SSSR count). The second kappa shape index (κ2) is 10.8. The predicted octanol–water partition coefficient (Wildman–Crippen LogP) is 3.71. The van der Waals surface area contributed by atoms with Crippen LogP contribution in [0, 0.1) is 0 Å². The number of rotatable bonds is 9. The van der Waals surface area contributed by atoms with Crippen molar-refractivity contribution in [2.24, 2.45) is 0 Å². The van der Waals surface area contributed by atoms with Gasteiger partial charge in [0.05, 0.1) is 43.9 Å². The van der Waals surface area contributed by atoms with Gasteiger partial charge >= 0.3 is 0 Å². The number of aliphatic hydroxyl groups excluding tert-OH is 1. The van der Waals surface area contributed by atoms with Crippen molar-refractivity contribution in [1.82, 2.24) is 19.9 Å². The molecule has 0 aliphatic carbocycles. The summed E-state index contributed by atoms with van der Waals surface area (Å²) in [5.74, 6) is 1.92. The third-order valence-corrected chi connectivity index (χ3v) is 6.64. The molecule has 2 aromatic heterocycles. The van der Waals surface area contributed by atoms with Crippen LogP contribution in [0.1, 0.15) is 12.8 Å². The lowest BCUT2D eigenvalue weighted by molar-refractivity contribution is 0.291. The van der Waals surface area contributed by atoms with Gasteiger partial charge in [-0.25, -0.2) is 9.50 Å². The first-order valence-corrected chi connectivity index (χ1v) is 12.2. The highest BCUT2D eigenvalue weighted by atomic mass is 16.5. The van der Waals surface area contributed by atoms with E-state index in [1.165, 1.54) is 0 Å². The van der Waals surface area contributed by atoms with Crippen LogP contribution in [-0.2, 0) is 0 Å². The quantitative estimate of drug-likeness (QED) is 0.328. The number of hydrogen-bond donors (Lipinski definition) is 3. The van der Waals surface area contributed by atoms with Crippen molar-refractivity contribution >= 4 is 22.8 Å². The molecule has 0 saturated carbocycles. The minimum atomic E-state index is 0.103. The van der Waals surface area contributed by atoms with Crippen LogP contribution in [0.25, 0.3) is 16.8 Å². The van der Waals surface area contributed by atoms with Crippen molar-refractivity contribution in [3.63, 3.8) is 0 Å². The molecule has 0 atom stereocenters. The van der Waals surface area contributed by atoms with E-state index in [-0.39, 0.29) is 6.61 Å². The first-order chi connectivity index (χ1) is 17.7. The Balaban J connectivity index is 1.44. The van der Waals surface area contributed by atoms with Gasteiger partial charge in [0.2, 0.25) is 5.95 Å². The summed E-state index contributed by atoms with van der Waals surface area (Å²) >= 11 is 0. The summed E-state index contributed by atoms with van der Waals surface area (Å²) in [6, 6.07) is 18.3. The second-order valence-corrected chi connectivity index (χ2v) is 8.75. The van der Waals surface area contributed by atoms with Gasteiger partial charge in [0, 0.05) is 29.9 Å². The third kappa shape index (κ3) is 4.80. The van der Waals surface area contributed by atoms with Crippen LogP contribution in [0.4, 0.5) is 17.3 Å². The number of nitrogens with one attached hydrogen (secondary N) is 2. The molecule has 36 heavy (non-hydrogen) atoms. The third-order valence-electron chi connectivity index (χ3n) is 6.64. The Morgan fingerprint density at radius 2 is 1.86 bits per heavy atom. The van der Waals surface area contributed by atoms with Gasteiger partial charge in [-0.05, 0) is 62.3 Å². The number of methoxy groups -OCH3 is 2. The lowest BCUT2D eigenvalue weighted by Crippen LogP contribution is -2.44. The van der Waals surface area contributed by atoms with Crippen molar-refractivity contribution in [3.05, 3.63) is 60.8 Å². The maximum Gasteiger partial charge on any atom is 0.245 e. The van der Waals surface area contributed by atoms with E-state index < -0.39 is 0 Å². The van der Waals surface area contributed by atoms with Crippen LogP contribution in [0.3, 0.4) is 0 Å². The summed E-state index contributed by atoms with van der Waals surface area (Å²) in [5.41, 5.74) is 4.54. The van der Waals surface area contributed by atoms with E-state index in [4.69, 9.17) is 14.6 Å². The molecule has 1 fully saturated rings. The van der Waals surface area contributed by atoms with Gasteiger partial charge in [0.25, 0.3) is 0 Å². The van der Waals surface area contributed by atoms with Gasteiger partial charge in [0.15, 0.2) is 0 Å². The Morgan fingerprint density at radius 1 is 1.06 bits per heavy atom. The van der Waals surface area contributed by atoms with Gasteiger partial charge in [-0.15, -0.1) is 5.10 Å². The van der Waals surface area contributed by atoms with E-state index >= 15 is 0 Å². The maximum atomic E-state index is 9.68. The average molecular weight is 489 g/mol. The number of anilines is 3. The van der Waals surface area contributed by atoms with Crippen molar-refractivity contribution in [3.8, 4) is 22.8 Å². The van der Waals surface area contributed by atoms with Gasteiger partial charge in [-0.3, -0.25) is 0 Å². The van der Waals surface area contributed by atoms with E-state index in [9.17, 15) is 5.11 Å². The molecule has 1 saturated heterocycles. The van der Waals surface area contributed by atoms with E-state index in [0.29, 0.717) is 24.3 Å². The first-order valence-electron chi connectivity index (χ1n) is 12.2. The minimum Gasteiger partial charge on any atom is -0.496 e. The molecule has 0 bridgehead atoms. The second-order valence-electron chi connectivity index (χ2n) is 8.75. The zero-order valence-corrected chi connectivity index (χ0v) is 20.6. The van der Waals surface area contributed by atoms with Crippen LogP contribution in [-0.4, -0.2) is 66.2 Å². The number of aromatic nitrogens is 3. The lowest BCUT2D eigenvalue weighted by atomic mass is 10.0. The fraction of sp³-hybridized carbons (Fsp3) is 0.333. The monoisotopic (exact) mass is 488 g/mol. The Labute approximate surface area is 210 Å². The first kappa shape index (κ1) is 23.9. The average Bonchev–Trinajstić information content (AvgIpc) is 3.35. The van der Waals surface area contributed by atoms with Crippen molar-refractivity contribution < 1.29 is 14.6 Å². The summed E-state index contributed by atoms with van der Waals surface area (Å²) < 4.78 is 13.1. The van der Waals surface area contributed by atoms with Crippen LogP contribution < -0.4 is 25.0 Å². The number of nitrogens with zero attached hydrogens (tertiary/aromatic N) is 4. The molecule has 1 aliphatic rings. The number of fused-ring (bicyclic) bond motifs is 1. The van der Waals surface area contributed by atoms with Crippen LogP contribution in [0.5, 0.6) is 11.5 Å². The molecule has 0 unspecified atom stereocenters. The molecular weight excluding hydrogens is 456 g/mol. The number of hydrogen-bond acceptors (Lipinski definition) is 8. The molecule has 3 heterocycles. The Morgan fingerprint density at radius 3 is 2.64 bits per heavy atom. The molecule has 0 amide bonds. The fourth-order valence-corrected chi connectivity index (χ4v) is 4.85. The predicted molar refractivity (Wildman–Crippen MR) is 142 cm³/mol. The van der Waals surface area contributed by atoms with E-state index in [2.05, 4.69) is 26.6 Å². The normalized spacial score (nSPS) is 14.1.